The van der Waals surface area contributed by atoms with Crippen LogP contribution in [-0.2, 0) is 47.7 Å². The van der Waals surface area contributed by atoms with E-state index in [0.29, 0.717) is 45.8 Å². The van der Waals surface area contributed by atoms with Crippen molar-refractivity contribution < 1.29 is 57.9 Å². The van der Waals surface area contributed by atoms with Crippen LogP contribution in [0.25, 0.3) is 0 Å². The first-order valence-electron chi connectivity index (χ1n) is 19.9. The van der Waals surface area contributed by atoms with Crippen LogP contribution in [0.1, 0.15) is 142 Å². The van der Waals surface area contributed by atoms with Crippen molar-refractivity contribution in [3.05, 3.63) is 0 Å². The van der Waals surface area contributed by atoms with Crippen LogP contribution < -0.4 is 10.6 Å². The van der Waals surface area contributed by atoms with Gasteiger partial charge in [-0.15, -0.1) is 0 Å². The van der Waals surface area contributed by atoms with Crippen LogP contribution in [0.3, 0.4) is 0 Å². The molecule has 1 atom stereocenters. The Morgan fingerprint density at radius 3 is 1.53 bits per heavy atom. The Morgan fingerprint density at radius 1 is 0.509 bits per heavy atom. The van der Waals surface area contributed by atoms with E-state index in [1.807, 2.05) is 13.8 Å². The predicted octanol–water partition coefficient (Wildman–Crippen LogP) is 5.42. The summed E-state index contributed by atoms with van der Waals surface area (Å²) in [5.41, 5.74) is 0. The third-order valence-electron chi connectivity index (χ3n) is 8.57. The number of ether oxygens (including phenoxy) is 4. The topological polar surface area (TPSA) is 204 Å². The Morgan fingerprint density at radius 2 is 1.00 bits per heavy atom. The molecule has 53 heavy (non-hydrogen) atoms. The molecule has 0 spiro atoms. The van der Waals surface area contributed by atoms with Crippen molar-refractivity contribution >= 4 is 35.3 Å². The third kappa shape index (κ3) is 35.8. The summed E-state index contributed by atoms with van der Waals surface area (Å²) < 4.78 is 21.3. The fourth-order valence-electron chi connectivity index (χ4n) is 5.27. The van der Waals surface area contributed by atoms with E-state index < -0.39 is 18.0 Å². The average molecular weight is 759 g/mol. The van der Waals surface area contributed by atoms with E-state index in [4.69, 9.17) is 24.1 Å². The number of unbranched alkanes of at least 4 members (excludes halogenated alkanes) is 13. The number of hydrogen-bond acceptors (Lipinski definition) is 10. The number of Topliss-reactive ketones (excluding diaryl/α,β-unsaturated/α-hetero) is 2. The normalized spacial score (nSPS) is 11.8. The molecule has 0 bridgehead atoms. The molecule has 308 valence electrons. The molecule has 0 aliphatic rings. The molecule has 0 saturated heterocycles. The minimum absolute atomic E-state index is 0.0409. The van der Waals surface area contributed by atoms with Crippen molar-refractivity contribution in [3.63, 3.8) is 0 Å². The van der Waals surface area contributed by atoms with Gasteiger partial charge in [-0.05, 0) is 25.7 Å². The lowest BCUT2D eigenvalue weighted by molar-refractivity contribution is -0.142. The van der Waals surface area contributed by atoms with E-state index in [1.54, 1.807) is 0 Å². The first kappa shape index (κ1) is 50.1. The Kier molecular flexibility index (Phi) is 34.1. The van der Waals surface area contributed by atoms with Gasteiger partial charge in [0.05, 0.1) is 33.0 Å². The number of carboxylic acids is 2. The van der Waals surface area contributed by atoms with Crippen LogP contribution in [-0.4, -0.2) is 111 Å². The van der Waals surface area contributed by atoms with Crippen LogP contribution in [0.15, 0.2) is 0 Å². The van der Waals surface area contributed by atoms with Gasteiger partial charge in [-0.2, -0.15) is 0 Å². The zero-order valence-corrected chi connectivity index (χ0v) is 32.6. The number of nitrogens with one attached hydrogen (secondary N) is 2. The van der Waals surface area contributed by atoms with Gasteiger partial charge in [0.2, 0.25) is 11.8 Å². The fourth-order valence-corrected chi connectivity index (χ4v) is 5.27. The molecule has 0 rings (SSSR count). The Bertz CT molecular complexity index is 992. The van der Waals surface area contributed by atoms with E-state index in [0.717, 1.165) is 38.5 Å². The highest BCUT2D eigenvalue weighted by Gasteiger charge is 2.20. The van der Waals surface area contributed by atoms with Gasteiger partial charge < -0.3 is 39.8 Å². The molecule has 0 heterocycles. The molecule has 0 saturated carbocycles. The summed E-state index contributed by atoms with van der Waals surface area (Å²) in [4.78, 5) is 69.9. The lowest BCUT2D eigenvalue weighted by Crippen LogP contribution is -2.41. The van der Waals surface area contributed by atoms with Gasteiger partial charge in [0, 0.05) is 44.8 Å². The molecule has 0 aromatic carbocycles. The summed E-state index contributed by atoms with van der Waals surface area (Å²) in [6.45, 7) is 5.66. The average Bonchev–Trinajstić information content (AvgIpc) is 3.11. The van der Waals surface area contributed by atoms with Gasteiger partial charge in [0.25, 0.3) is 0 Å². The van der Waals surface area contributed by atoms with Crippen molar-refractivity contribution in [1.82, 2.24) is 10.6 Å². The van der Waals surface area contributed by atoms with Gasteiger partial charge in [-0.25, -0.2) is 4.79 Å². The number of carboxylic acid groups (broad SMARTS) is 2. The smallest absolute Gasteiger partial charge is 0.326 e. The number of carbonyl (C=O) groups is 6. The van der Waals surface area contributed by atoms with Crippen molar-refractivity contribution in [3.8, 4) is 0 Å². The second-order valence-electron chi connectivity index (χ2n) is 13.8. The summed E-state index contributed by atoms with van der Waals surface area (Å²) in [6, 6.07) is -1.09. The Labute approximate surface area is 317 Å². The highest BCUT2D eigenvalue weighted by molar-refractivity contribution is 5.84. The molecule has 0 aromatic heterocycles. The first-order valence-corrected chi connectivity index (χ1v) is 19.9. The maximum Gasteiger partial charge on any atom is 0.326 e. The van der Waals surface area contributed by atoms with Crippen LogP contribution >= 0.6 is 0 Å². The van der Waals surface area contributed by atoms with Gasteiger partial charge in [-0.1, -0.05) is 90.9 Å². The van der Waals surface area contributed by atoms with Crippen molar-refractivity contribution in [2.75, 3.05) is 59.4 Å². The van der Waals surface area contributed by atoms with E-state index in [2.05, 4.69) is 10.6 Å². The van der Waals surface area contributed by atoms with Crippen LogP contribution in [0.4, 0.5) is 0 Å². The van der Waals surface area contributed by atoms with E-state index in [-0.39, 0.29) is 87.8 Å². The SMILES string of the molecule is CC(C)C(=O)COCCOCCNC(=O)COCCOCCCC(=O)CC[C@H](NC(=O)CCCCCCCCCCCCCCCCC(=O)O)C(=O)O. The predicted molar refractivity (Wildman–Crippen MR) is 201 cm³/mol. The molecule has 2 amide bonds. The molecule has 4 N–H and O–H groups in total. The van der Waals surface area contributed by atoms with Crippen LogP contribution in [0.2, 0.25) is 0 Å². The van der Waals surface area contributed by atoms with Crippen molar-refractivity contribution in [2.45, 2.75) is 148 Å². The largest absolute Gasteiger partial charge is 0.481 e. The zero-order valence-electron chi connectivity index (χ0n) is 32.6. The van der Waals surface area contributed by atoms with E-state index in [9.17, 15) is 33.9 Å². The number of ketones is 2. The summed E-state index contributed by atoms with van der Waals surface area (Å²) in [5, 5.41) is 23.4. The van der Waals surface area contributed by atoms with Crippen LogP contribution in [0.5, 0.6) is 0 Å². The fraction of sp³-hybridized carbons (Fsp3) is 0.846. The second-order valence-corrected chi connectivity index (χ2v) is 13.8. The van der Waals surface area contributed by atoms with Crippen molar-refractivity contribution in [2.24, 2.45) is 5.92 Å². The minimum Gasteiger partial charge on any atom is -0.481 e. The molecular formula is C39H70N2O12. The van der Waals surface area contributed by atoms with Gasteiger partial charge in [0.1, 0.15) is 25.0 Å². The maximum atomic E-state index is 12.3. The molecule has 0 unspecified atom stereocenters. The van der Waals surface area contributed by atoms with Crippen molar-refractivity contribution in [1.29, 1.82) is 0 Å². The van der Waals surface area contributed by atoms with E-state index >= 15 is 0 Å². The lowest BCUT2D eigenvalue weighted by Gasteiger charge is -2.14. The Hall–Kier alpha value is -2.94. The lowest BCUT2D eigenvalue weighted by atomic mass is 10.0. The third-order valence-corrected chi connectivity index (χ3v) is 8.57. The summed E-state index contributed by atoms with van der Waals surface area (Å²) >= 11 is 0. The molecule has 14 heteroatoms. The molecule has 14 nitrogen and oxygen atoms in total. The summed E-state index contributed by atoms with van der Waals surface area (Å²) in [6.07, 6.45) is 16.6. The molecule has 0 aliphatic heterocycles. The van der Waals surface area contributed by atoms with E-state index in [1.165, 1.54) is 44.9 Å². The second kappa shape index (κ2) is 36.1. The first-order chi connectivity index (χ1) is 25.5. The molecule has 0 radical (unpaired) electrons. The summed E-state index contributed by atoms with van der Waals surface area (Å²) in [5.74, 6) is -2.55. The van der Waals surface area contributed by atoms with Gasteiger partial charge in [-0.3, -0.25) is 24.0 Å². The number of carbonyl (C=O) groups excluding carboxylic acids is 4. The molecule has 0 fully saturated rings. The quantitative estimate of drug-likeness (QED) is 0.0579. The summed E-state index contributed by atoms with van der Waals surface area (Å²) in [7, 11) is 0. The van der Waals surface area contributed by atoms with Crippen LogP contribution in [0, 0.1) is 5.92 Å². The maximum absolute atomic E-state index is 12.3. The highest BCUT2D eigenvalue weighted by atomic mass is 16.5. The number of hydrogen-bond donors (Lipinski definition) is 4. The Balaban J connectivity index is 3.66. The number of aliphatic carboxylic acids is 2. The van der Waals surface area contributed by atoms with Gasteiger partial charge >= 0.3 is 11.9 Å². The zero-order chi connectivity index (χ0) is 39.4. The number of rotatable bonds is 40. The standard InChI is InChI=1S/C39H70N2O12/c1-32(2)35(43)30-52-28-27-51-25-23-40-37(45)31-53-29-26-50-24-17-18-33(42)21-22-34(39(48)49)41-36(44)19-15-13-11-9-7-5-3-4-6-8-10-12-14-16-20-38(46)47/h32,34H,3-31H2,1-2H3,(H,40,45)(H,41,44)(H,46,47)(H,48,49)/t34-/m0/s1. The van der Waals surface area contributed by atoms with Gasteiger partial charge in [0.15, 0.2) is 5.78 Å². The number of amides is 2. The minimum atomic E-state index is -1.15. The molecule has 0 aliphatic carbocycles. The highest BCUT2D eigenvalue weighted by Crippen LogP contribution is 2.14. The molecule has 0 aromatic rings. The monoisotopic (exact) mass is 758 g/mol. The molecular weight excluding hydrogens is 688 g/mol.